The van der Waals surface area contributed by atoms with Crippen molar-refractivity contribution in [2.45, 2.75) is 27.2 Å². The summed E-state index contributed by atoms with van der Waals surface area (Å²) in [6.45, 7) is 6.09. The Hall–Kier alpha value is -1.91. The highest BCUT2D eigenvalue weighted by atomic mass is 16.1. The number of nitrogens with one attached hydrogen (secondary N) is 2. The first-order chi connectivity index (χ1) is 7.96. The first kappa shape index (κ1) is 11.6. The first-order valence-electron chi connectivity index (χ1n) is 5.55. The Balaban J connectivity index is 2.18. The fourth-order valence-electron chi connectivity index (χ4n) is 1.64. The number of H-pyrrole nitrogens is 1. The number of amides is 1. The van der Waals surface area contributed by atoms with Crippen LogP contribution in [-0.2, 0) is 4.79 Å². The van der Waals surface area contributed by atoms with E-state index in [1.807, 2.05) is 39.0 Å². The number of fused-ring (bicyclic) bond motifs is 1. The van der Waals surface area contributed by atoms with Gasteiger partial charge in [-0.2, -0.15) is 15.4 Å². The third-order valence-corrected chi connectivity index (χ3v) is 2.31. The highest BCUT2D eigenvalue weighted by Gasteiger charge is 2.17. The topological polar surface area (TPSA) is 70.7 Å². The summed E-state index contributed by atoms with van der Waals surface area (Å²) in [5.74, 6) is -0.00648. The van der Waals surface area contributed by atoms with Gasteiger partial charge in [0, 0.05) is 6.42 Å². The Morgan fingerprint density at radius 2 is 2.12 bits per heavy atom. The molecule has 0 atom stereocenters. The van der Waals surface area contributed by atoms with Crippen molar-refractivity contribution in [1.82, 2.24) is 15.4 Å². The van der Waals surface area contributed by atoms with E-state index in [9.17, 15) is 4.79 Å². The molecular formula is C12H16N4O. The van der Waals surface area contributed by atoms with Gasteiger partial charge in [0.2, 0.25) is 5.91 Å². The third kappa shape index (κ3) is 2.81. The summed E-state index contributed by atoms with van der Waals surface area (Å²) in [6.07, 6.45) is 0.473. The summed E-state index contributed by atoms with van der Waals surface area (Å²) in [6, 6.07) is 5.52. The summed E-state index contributed by atoms with van der Waals surface area (Å²) >= 11 is 0. The Morgan fingerprint density at radius 3 is 2.82 bits per heavy atom. The molecule has 0 aliphatic rings. The minimum absolute atomic E-state index is 0.00648. The van der Waals surface area contributed by atoms with E-state index in [1.165, 1.54) is 0 Å². The average molecular weight is 232 g/mol. The SMILES string of the molecule is CC(C)(C)CC(=O)Nc1cccc2n[nH]nc12. The highest BCUT2D eigenvalue weighted by Crippen LogP contribution is 2.22. The van der Waals surface area contributed by atoms with Crippen molar-refractivity contribution in [2.24, 2.45) is 5.41 Å². The van der Waals surface area contributed by atoms with Crippen molar-refractivity contribution < 1.29 is 4.79 Å². The largest absolute Gasteiger partial charge is 0.324 e. The molecule has 2 N–H and O–H groups in total. The number of para-hydroxylation sites is 1. The van der Waals surface area contributed by atoms with E-state index < -0.39 is 0 Å². The maximum Gasteiger partial charge on any atom is 0.224 e. The van der Waals surface area contributed by atoms with Crippen LogP contribution in [0.25, 0.3) is 11.0 Å². The second-order valence-corrected chi connectivity index (χ2v) is 5.28. The summed E-state index contributed by atoms with van der Waals surface area (Å²) in [7, 11) is 0. The molecule has 0 bridgehead atoms. The van der Waals surface area contributed by atoms with E-state index >= 15 is 0 Å². The average Bonchev–Trinajstić information content (AvgIpc) is 2.63. The fourth-order valence-corrected chi connectivity index (χ4v) is 1.64. The Kier molecular flexibility index (Phi) is 2.83. The number of carbonyl (C=O) groups is 1. The van der Waals surface area contributed by atoms with Gasteiger partial charge in [0.15, 0.2) is 0 Å². The zero-order valence-corrected chi connectivity index (χ0v) is 10.2. The molecule has 0 radical (unpaired) electrons. The lowest BCUT2D eigenvalue weighted by Crippen LogP contribution is -2.19. The number of rotatable bonds is 2. The molecule has 0 aliphatic heterocycles. The molecule has 0 aliphatic carbocycles. The predicted molar refractivity (Wildman–Crippen MR) is 66.6 cm³/mol. The number of hydrogen-bond donors (Lipinski definition) is 2. The lowest BCUT2D eigenvalue weighted by molar-refractivity contribution is -0.117. The van der Waals surface area contributed by atoms with Crippen molar-refractivity contribution in [3.63, 3.8) is 0 Å². The summed E-state index contributed by atoms with van der Waals surface area (Å²) < 4.78 is 0. The number of aromatic nitrogens is 3. The number of aromatic amines is 1. The van der Waals surface area contributed by atoms with Crippen LogP contribution in [0, 0.1) is 5.41 Å². The van der Waals surface area contributed by atoms with Crippen LogP contribution in [0.15, 0.2) is 18.2 Å². The molecule has 17 heavy (non-hydrogen) atoms. The van der Waals surface area contributed by atoms with Gasteiger partial charge < -0.3 is 5.32 Å². The molecule has 1 aromatic carbocycles. The highest BCUT2D eigenvalue weighted by molar-refractivity contribution is 5.99. The molecule has 1 amide bonds. The minimum atomic E-state index is -0.0260. The van der Waals surface area contributed by atoms with Gasteiger partial charge in [-0.1, -0.05) is 26.8 Å². The second-order valence-electron chi connectivity index (χ2n) is 5.28. The molecule has 0 fully saturated rings. The molecular weight excluding hydrogens is 216 g/mol. The number of anilines is 1. The number of carbonyl (C=O) groups excluding carboxylic acids is 1. The quantitative estimate of drug-likeness (QED) is 0.834. The Labute approximate surface area is 99.6 Å². The number of hydrogen-bond acceptors (Lipinski definition) is 3. The van der Waals surface area contributed by atoms with Crippen LogP contribution in [0.4, 0.5) is 5.69 Å². The van der Waals surface area contributed by atoms with Gasteiger partial charge in [0.25, 0.3) is 0 Å². The second kappa shape index (κ2) is 4.16. The molecule has 1 heterocycles. The van der Waals surface area contributed by atoms with Gasteiger partial charge >= 0.3 is 0 Å². The summed E-state index contributed by atoms with van der Waals surface area (Å²) in [5, 5.41) is 13.4. The van der Waals surface area contributed by atoms with Crippen molar-refractivity contribution in [3.05, 3.63) is 18.2 Å². The van der Waals surface area contributed by atoms with Gasteiger partial charge in [0.1, 0.15) is 11.0 Å². The lowest BCUT2D eigenvalue weighted by Gasteiger charge is -2.17. The maximum atomic E-state index is 11.8. The van der Waals surface area contributed by atoms with Gasteiger partial charge in [-0.25, -0.2) is 0 Å². The van der Waals surface area contributed by atoms with Crippen LogP contribution < -0.4 is 5.32 Å². The van der Waals surface area contributed by atoms with E-state index in [4.69, 9.17) is 0 Å². The van der Waals surface area contributed by atoms with Crippen molar-refractivity contribution in [3.8, 4) is 0 Å². The summed E-state index contributed by atoms with van der Waals surface area (Å²) in [5.41, 5.74) is 2.11. The molecule has 5 heteroatoms. The monoisotopic (exact) mass is 232 g/mol. The molecule has 2 aromatic rings. The van der Waals surface area contributed by atoms with Gasteiger partial charge in [-0.15, -0.1) is 0 Å². The number of nitrogens with zero attached hydrogens (tertiary/aromatic N) is 2. The molecule has 90 valence electrons. The van der Waals surface area contributed by atoms with Crippen LogP contribution in [0.1, 0.15) is 27.2 Å². The zero-order valence-electron chi connectivity index (χ0n) is 10.2. The molecule has 5 nitrogen and oxygen atoms in total. The normalized spacial score (nSPS) is 11.7. The van der Waals surface area contributed by atoms with Crippen LogP contribution in [-0.4, -0.2) is 21.3 Å². The Bertz CT molecular complexity index is 539. The van der Waals surface area contributed by atoms with Crippen molar-refractivity contribution in [1.29, 1.82) is 0 Å². The fraction of sp³-hybridized carbons (Fsp3) is 0.417. The van der Waals surface area contributed by atoms with Crippen LogP contribution >= 0.6 is 0 Å². The van der Waals surface area contributed by atoms with E-state index in [-0.39, 0.29) is 11.3 Å². The summed E-state index contributed by atoms with van der Waals surface area (Å²) in [4.78, 5) is 11.8. The molecule has 0 spiro atoms. The lowest BCUT2D eigenvalue weighted by atomic mass is 9.92. The zero-order chi connectivity index (χ0) is 12.5. The van der Waals surface area contributed by atoms with Crippen LogP contribution in [0.2, 0.25) is 0 Å². The number of benzene rings is 1. The van der Waals surface area contributed by atoms with E-state index in [0.29, 0.717) is 17.6 Å². The minimum Gasteiger partial charge on any atom is -0.324 e. The van der Waals surface area contributed by atoms with Gasteiger partial charge in [0.05, 0.1) is 5.69 Å². The van der Waals surface area contributed by atoms with Crippen LogP contribution in [0.5, 0.6) is 0 Å². The van der Waals surface area contributed by atoms with Gasteiger partial charge in [-0.05, 0) is 17.5 Å². The standard InChI is InChI=1S/C12H16N4O/c1-12(2,3)7-10(17)13-8-5-4-6-9-11(8)15-16-14-9/h4-6H,7H2,1-3H3,(H,13,17)(H,14,15,16). The first-order valence-corrected chi connectivity index (χ1v) is 5.55. The van der Waals surface area contributed by atoms with E-state index in [0.717, 1.165) is 5.52 Å². The smallest absolute Gasteiger partial charge is 0.224 e. The molecule has 0 unspecified atom stereocenters. The predicted octanol–water partition coefficient (Wildman–Crippen LogP) is 2.33. The van der Waals surface area contributed by atoms with Crippen molar-refractivity contribution >= 4 is 22.6 Å². The molecule has 2 rings (SSSR count). The van der Waals surface area contributed by atoms with Gasteiger partial charge in [-0.3, -0.25) is 4.79 Å². The Morgan fingerprint density at radius 1 is 1.35 bits per heavy atom. The maximum absolute atomic E-state index is 11.8. The molecule has 0 saturated heterocycles. The van der Waals surface area contributed by atoms with E-state index in [1.54, 1.807) is 0 Å². The van der Waals surface area contributed by atoms with Crippen molar-refractivity contribution in [2.75, 3.05) is 5.32 Å². The molecule has 0 saturated carbocycles. The van der Waals surface area contributed by atoms with E-state index in [2.05, 4.69) is 20.7 Å². The van der Waals surface area contributed by atoms with Crippen LogP contribution in [0.3, 0.4) is 0 Å². The third-order valence-electron chi connectivity index (χ3n) is 2.31. The molecule has 1 aromatic heterocycles.